The molecule has 1 aliphatic rings. The predicted molar refractivity (Wildman–Crippen MR) is 113 cm³/mol. The molecule has 1 aromatic carbocycles. The number of carbonyl (C=O) groups is 2. The van der Waals surface area contributed by atoms with Crippen LogP contribution < -0.4 is 0 Å². The number of halogens is 1. The van der Waals surface area contributed by atoms with Gasteiger partial charge in [-0.05, 0) is 44.7 Å². The second-order valence-corrected chi connectivity index (χ2v) is 7.69. The van der Waals surface area contributed by atoms with E-state index in [0.29, 0.717) is 30.2 Å². The zero-order chi connectivity index (χ0) is 21.0. The molecule has 1 unspecified atom stereocenters. The van der Waals surface area contributed by atoms with E-state index in [1.807, 2.05) is 26.0 Å². The van der Waals surface area contributed by atoms with Crippen LogP contribution in [0.15, 0.2) is 30.3 Å². The van der Waals surface area contributed by atoms with Crippen LogP contribution in [0.1, 0.15) is 41.6 Å². The third-order valence-electron chi connectivity index (χ3n) is 5.21. The number of hydrogen-bond donors (Lipinski definition) is 0. The molecule has 0 N–H and O–H groups in total. The minimum absolute atomic E-state index is 0.221. The molecule has 6 nitrogen and oxygen atoms in total. The lowest BCUT2D eigenvalue weighted by Gasteiger charge is -2.32. The summed E-state index contributed by atoms with van der Waals surface area (Å²) in [6, 6.07) is 7.67. The van der Waals surface area contributed by atoms with Crippen LogP contribution in [0.3, 0.4) is 0 Å². The molecule has 1 fully saturated rings. The van der Waals surface area contributed by atoms with Crippen molar-refractivity contribution in [3.8, 4) is 0 Å². The van der Waals surface area contributed by atoms with Gasteiger partial charge in [-0.25, -0.2) is 9.48 Å². The predicted octanol–water partition coefficient (Wildman–Crippen LogP) is 3.77. The van der Waals surface area contributed by atoms with Crippen LogP contribution in [0, 0.1) is 13.8 Å². The van der Waals surface area contributed by atoms with Gasteiger partial charge in [0.25, 0.3) is 0 Å². The molecule has 0 bridgehead atoms. The van der Waals surface area contributed by atoms with E-state index in [1.54, 1.807) is 15.7 Å². The fourth-order valence-electron chi connectivity index (χ4n) is 3.55. The van der Waals surface area contributed by atoms with Crippen LogP contribution in [0.25, 0.3) is 6.08 Å². The van der Waals surface area contributed by atoms with E-state index >= 15 is 0 Å². The molecule has 1 saturated heterocycles. The Morgan fingerprint density at radius 1 is 1.24 bits per heavy atom. The fourth-order valence-corrected chi connectivity index (χ4v) is 3.85. The molecule has 0 radical (unpaired) electrons. The van der Waals surface area contributed by atoms with Gasteiger partial charge in [0.1, 0.15) is 11.2 Å². The van der Waals surface area contributed by atoms with Crippen molar-refractivity contribution >= 4 is 29.6 Å². The van der Waals surface area contributed by atoms with Gasteiger partial charge < -0.3 is 9.64 Å². The summed E-state index contributed by atoms with van der Waals surface area (Å²) in [5.41, 5.74) is 3.75. The molecular weight excluding hydrogens is 390 g/mol. The molecule has 0 aliphatic carbocycles. The highest BCUT2D eigenvalue weighted by molar-refractivity contribution is 6.31. The lowest BCUT2D eigenvalue weighted by Crippen LogP contribution is -2.47. The Hall–Kier alpha value is -2.60. The number of aromatic nitrogens is 2. The van der Waals surface area contributed by atoms with Crippen molar-refractivity contribution in [1.82, 2.24) is 14.7 Å². The molecule has 2 heterocycles. The largest absolute Gasteiger partial charge is 0.467 e. The zero-order valence-electron chi connectivity index (χ0n) is 17.0. The third kappa shape index (κ3) is 4.88. The normalized spacial score (nSPS) is 17.0. The molecule has 1 aromatic heterocycles. The first-order valence-corrected chi connectivity index (χ1v) is 10.1. The summed E-state index contributed by atoms with van der Waals surface area (Å²) in [6.45, 7) is 5.00. The second kappa shape index (κ2) is 9.27. The lowest BCUT2D eigenvalue weighted by atomic mass is 10.0. The SMILES string of the molecule is COC(=O)C1CCCCN1C(=O)/C=C/c1c(C)nn(Cc2ccc(C)cc2)c1Cl. The van der Waals surface area contributed by atoms with Gasteiger partial charge in [0.15, 0.2) is 0 Å². The number of ether oxygens (including phenoxy) is 1. The first-order chi connectivity index (χ1) is 13.9. The van der Waals surface area contributed by atoms with Crippen LogP contribution >= 0.6 is 11.6 Å². The van der Waals surface area contributed by atoms with Crippen LogP contribution in [-0.2, 0) is 20.9 Å². The first kappa shape index (κ1) is 21.1. The number of carbonyl (C=O) groups excluding carboxylic acids is 2. The number of methoxy groups -OCH3 is 1. The van der Waals surface area contributed by atoms with Gasteiger partial charge in [-0.3, -0.25) is 4.79 Å². The number of rotatable bonds is 5. The number of hydrogen-bond acceptors (Lipinski definition) is 4. The summed E-state index contributed by atoms with van der Waals surface area (Å²) in [5, 5.41) is 4.99. The first-order valence-electron chi connectivity index (χ1n) is 9.75. The topological polar surface area (TPSA) is 64.4 Å². The molecule has 1 aliphatic heterocycles. The Morgan fingerprint density at radius 3 is 2.66 bits per heavy atom. The fraction of sp³-hybridized carbons (Fsp3) is 0.409. The van der Waals surface area contributed by atoms with E-state index in [-0.39, 0.29) is 11.9 Å². The summed E-state index contributed by atoms with van der Waals surface area (Å²) in [5.74, 6) is -0.589. The van der Waals surface area contributed by atoms with Crippen molar-refractivity contribution in [2.45, 2.75) is 45.7 Å². The summed E-state index contributed by atoms with van der Waals surface area (Å²) in [7, 11) is 1.35. The van der Waals surface area contributed by atoms with Gasteiger partial charge in [0, 0.05) is 18.2 Å². The van der Waals surface area contributed by atoms with Gasteiger partial charge >= 0.3 is 5.97 Å². The zero-order valence-corrected chi connectivity index (χ0v) is 17.8. The van der Waals surface area contributed by atoms with Crippen LogP contribution in [0.2, 0.25) is 5.15 Å². The van der Waals surface area contributed by atoms with Crippen molar-refractivity contribution in [3.05, 3.63) is 57.9 Å². The maximum absolute atomic E-state index is 12.7. The Bertz CT molecular complexity index is 918. The minimum atomic E-state index is -0.522. The van der Waals surface area contributed by atoms with Crippen LogP contribution in [0.4, 0.5) is 0 Å². The van der Waals surface area contributed by atoms with E-state index in [0.717, 1.165) is 24.1 Å². The summed E-state index contributed by atoms with van der Waals surface area (Å²) >= 11 is 6.53. The third-order valence-corrected chi connectivity index (χ3v) is 5.61. The Labute approximate surface area is 176 Å². The van der Waals surface area contributed by atoms with E-state index in [9.17, 15) is 9.59 Å². The molecule has 2 aromatic rings. The van der Waals surface area contributed by atoms with Crippen molar-refractivity contribution in [2.75, 3.05) is 13.7 Å². The smallest absolute Gasteiger partial charge is 0.328 e. The van der Waals surface area contributed by atoms with Crippen molar-refractivity contribution < 1.29 is 14.3 Å². The maximum Gasteiger partial charge on any atom is 0.328 e. The quantitative estimate of drug-likeness (QED) is 0.550. The molecular formula is C22H26ClN3O3. The van der Waals surface area contributed by atoms with Gasteiger partial charge in [0.2, 0.25) is 5.91 Å². The molecule has 3 rings (SSSR count). The van der Waals surface area contributed by atoms with Gasteiger partial charge in [-0.1, -0.05) is 41.4 Å². The van der Waals surface area contributed by atoms with Crippen LogP contribution in [-0.4, -0.2) is 46.3 Å². The number of amides is 1. The summed E-state index contributed by atoms with van der Waals surface area (Å²) < 4.78 is 6.57. The van der Waals surface area contributed by atoms with Gasteiger partial charge in [-0.15, -0.1) is 0 Å². The van der Waals surface area contributed by atoms with E-state index in [2.05, 4.69) is 17.2 Å². The Kier molecular flexibility index (Phi) is 6.75. The summed E-state index contributed by atoms with van der Waals surface area (Å²) in [4.78, 5) is 26.3. The highest BCUT2D eigenvalue weighted by Crippen LogP contribution is 2.24. The van der Waals surface area contributed by atoms with Crippen LogP contribution in [0.5, 0.6) is 0 Å². The number of likely N-dealkylation sites (tertiary alicyclic amines) is 1. The average molecular weight is 416 g/mol. The molecule has 7 heteroatoms. The Balaban J connectivity index is 1.76. The maximum atomic E-state index is 12.7. The highest BCUT2D eigenvalue weighted by atomic mass is 35.5. The van der Waals surface area contributed by atoms with Gasteiger partial charge in [0.05, 0.1) is 19.3 Å². The molecule has 1 atom stereocenters. The highest BCUT2D eigenvalue weighted by Gasteiger charge is 2.31. The van der Waals surface area contributed by atoms with Crippen molar-refractivity contribution in [3.63, 3.8) is 0 Å². The number of piperidine rings is 1. The molecule has 154 valence electrons. The van der Waals surface area contributed by atoms with Gasteiger partial charge in [-0.2, -0.15) is 5.10 Å². The Morgan fingerprint density at radius 2 is 1.97 bits per heavy atom. The number of aryl methyl sites for hydroxylation is 2. The van der Waals surface area contributed by atoms with E-state index in [1.165, 1.54) is 18.7 Å². The number of nitrogens with zero attached hydrogens (tertiary/aromatic N) is 3. The molecule has 29 heavy (non-hydrogen) atoms. The number of esters is 1. The van der Waals surface area contributed by atoms with Crippen molar-refractivity contribution in [2.24, 2.45) is 0 Å². The average Bonchev–Trinajstić information content (AvgIpc) is 2.99. The number of benzene rings is 1. The van der Waals surface area contributed by atoms with E-state index in [4.69, 9.17) is 16.3 Å². The standard InChI is InChI=1S/C22H26ClN3O3/c1-15-7-9-17(10-8-15)14-26-21(23)18(16(2)24-26)11-12-20(27)25-13-5-4-6-19(25)22(28)29-3/h7-12,19H,4-6,13-14H2,1-3H3/b12-11+. The minimum Gasteiger partial charge on any atom is -0.467 e. The lowest BCUT2D eigenvalue weighted by molar-refractivity contribution is -0.153. The van der Waals surface area contributed by atoms with Crippen molar-refractivity contribution in [1.29, 1.82) is 0 Å². The van der Waals surface area contributed by atoms with E-state index < -0.39 is 6.04 Å². The summed E-state index contributed by atoms with van der Waals surface area (Å²) in [6.07, 6.45) is 5.56. The molecule has 0 spiro atoms. The molecule has 0 saturated carbocycles. The second-order valence-electron chi connectivity index (χ2n) is 7.33. The molecule has 1 amide bonds. The monoisotopic (exact) mass is 415 g/mol.